The van der Waals surface area contributed by atoms with Crippen LogP contribution in [0, 0.1) is 5.92 Å². The van der Waals surface area contributed by atoms with Crippen molar-refractivity contribution in [1.82, 2.24) is 5.32 Å². The highest BCUT2D eigenvalue weighted by Gasteiger charge is 2.29. The Morgan fingerprint density at radius 2 is 2.00 bits per heavy atom. The van der Waals surface area contributed by atoms with Gasteiger partial charge in [-0.1, -0.05) is 31.2 Å². The number of aliphatic hydroxyl groups excluding tert-OH is 1. The van der Waals surface area contributed by atoms with Crippen LogP contribution in [-0.4, -0.2) is 36.0 Å². The molecule has 0 spiro atoms. The Morgan fingerprint density at radius 1 is 1.33 bits per heavy atom. The first-order valence-electron chi connectivity index (χ1n) is 9.58. The highest BCUT2D eigenvalue weighted by Crippen LogP contribution is 2.33. The van der Waals surface area contributed by atoms with Crippen molar-refractivity contribution in [3.05, 3.63) is 35.4 Å². The molecule has 1 heterocycles. The number of carbonyl (C=O) groups excluding carboxylic acids is 2. The van der Waals surface area contributed by atoms with Crippen molar-refractivity contribution < 1.29 is 24.2 Å². The number of ether oxygens (including phenoxy) is 2. The Kier molecular flexibility index (Phi) is 7.25. The predicted octanol–water partition coefficient (Wildman–Crippen LogP) is 3.69. The molecular weight excluding hydrogens is 346 g/mol. The zero-order valence-corrected chi connectivity index (χ0v) is 16.7. The highest BCUT2D eigenvalue weighted by molar-refractivity contribution is 5.73. The zero-order chi connectivity index (χ0) is 20.0. The molecule has 1 aromatic carbocycles. The second kappa shape index (κ2) is 9.22. The lowest BCUT2D eigenvalue weighted by Gasteiger charge is -2.24. The van der Waals surface area contributed by atoms with Crippen molar-refractivity contribution >= 4 is 12.1 Å². The van der Waals surface area contributed by atoms with Gasteiger partial charge in [-0.25, -0.2) is 4.79 Å². The van der Waals surface area contributed by atoms with Gasteiger partial charge in [0, 0.05) is 6.61 Å². The van der Waals surface area contributed by atoms with E-state index in [1.165, 1.54) is 0 Å². The number of nitrogens with one attached hydrogen (secondary N) is 1. The monoisotopic (exact) mass is 377 g/mol. The van der Waals surface area contributed by atoms with Gasteiger partial charge in [0.25, 0.3) is 0 Å². The molecule has 150 valence electrons. The third kappa shape index (κ3) is 6.24. The Morgan fingerprint density at radius 3 is 2.59 bits per heavy atom. The maximum absolute atomic E-state index is 12.1. The lowest BCUT2D eigenvalue weighted by Crippen LogP contribution is -2.35. The number of hydrogen-bond acceptors (Lipinski definition) is 5. The number of amides is 1. The molecule has 3 atom stereocenters. The van der Waals surface area contributed by atoms with E-state index in [1.54, 1.807) is 20.8 Å². The number of rotatable bonds is 5. The summed E-state index contributed by atoms with van der Waals surface area (Å²) < 4.78 is 10.5. The van der Waals surface area contributed by atoms with E-state index in [0.29, 0.717) is 13.0 Å². The summed E-state index contributed by atoms with van der Waals surface area (Å²) >= 11 is 0. The zero-order valence-electron chi connectivity index (χ0n) is 16.7. The first-order chi connectivity index (χ1) is 12.7. The molecular formula is C21H31NO5. The fraction of sp³-hybridized carbons (Fsp3) is 0.619. The number of aliphatic hydroxyl groups is 1. The first-order valence-corrected chi connectivity index (χ1v) is 9.58. The van der Waals surface area contributed by atoms with Crippen LogP contribution >= 0.6 is 0 Å². The molecule has 1 amide bonds. The van der Waals surface area contributed by atoms with Crippen molar-refractivity contribution in [2.45, 2.75) is 64.5 Å². The van der Waals surface area contributed by atoms with E-state index in [1.807, 2.05) is 31.2 Å². The van der Waals surface area contributed by atoms with E-state index in [4.69, 9.17) is 9.47 Å². The summed E-state index contributed by atoms with van der Waals surface area (Å²) in [5.41, 5.74) is 1.40. The van der Waals surface area contributed by atoms with Crippen molar-refractivity contribution in [2.75, 3.05) is 13.2 Å². The average molecular weight is 377 g/mol. The lowest BCUT2D eigenvalue weighted by atomic mass is 9.84. The Labute approximate surface area is 161 Å². The summed E-state index contributed by atoms with van der Waals surface area (Å²) in [6.45, 7) is 7.76. The number of alkyl carbamates (subject to hydrolysis) is 1. The van der Waals surface area contributed by atoms with Crippen LogP contribution in [-0.2, 0) is 14.3 Å². The summed E-state index contributed by atoms with van der Waals surface area (Å²) in [4.78, 5) is 24.1. The molecule has 0 radical (unpaired) electrons. The van der Waals surface area contributed by atoms with Crippen LogP contribution in [0.5, 0.6) is 0 Å². The third-order valence-electron chi connectivity index (χ3n) is 4.75. The van der Waals surface area contributed by atoms with Gasteiger partial charge in [-0.3, -0.25) is 4.79 Å². The molecule has 1 aliphatic heterocycles. The molecule has 1 saturated heterocycles. The molecule has 0 aliphatic carbocycles. The lowest BCUT2D eigenvalue weighted by molar-refractivity contribution is -0.147. The van der Waals surface area contributed by atoms with Crippen molar-refractivity contribution in [2.24, 2.45) is 5.92 Å². The second-order valence-electron chi connectivity index (χ2n) is 8.08. The molecule has 2 N–H and O–H groups in total. The van der Waals surface area contributed by atoms with Crippen LogP contribution in [0.3, 0.4) is 0 Å². The summed E-state index contributed by atoms with van der Waals surface area (Å²) in [7, 11) is 0. The van der Waals surface area contributed by atoms with Crippen LogP contribution in [0.2, 0.25) is 0 Å². The molecule has 0 aromatic heterocycles. The number of cyclic esters (lactones) is 1. The van der Waals surface area contributed by atoms with Gasteiger partial charge in [-0.05, 0) is 57.1 Å². The third-order valence-corrected chi connectivity index (χ3v) is 4.75. The Hall–Kier alpha value is -2.08. The molecule has 6 nitrogen and oxygen atoms in total. The van der Waals surface area contributed by atoms with Gasteiger partial charge in [0.1, 0.15) is 5.60 Å². The molecule has 27 heavy (non-hydrogen) atoms. The molecule has 2 unspecified atom stereocenters. The van der Waals surface area contributed by atoms with Crippen molar-refractivity contribution in [3.8, 4) is 0 Å². The highest BCUT2D eigenvalue weighted by atomic mass is 16.6. The van der Waals surface area contributed by atoms with Crippen LogP contribution < -0.4 is 5.32 Å². The van der Waals surface area contributed by atoms with Gasteiger partial charge in [0.15, 0.2) is 0 Å². The SMILES string of the molecule is CC1C(=O)OCCCC1c1ccc([C@@H](CCO)NC(=O)OC(C)(C)C)cc1. The fourth-order valence-corrected chi connectivity index (χ4v) is 3.35. The van der Waals surface area contributed by atoms with Gasteiger partial charge in [0.2, 0.25) is 0 Å². The Balaban J connectivity index is 2.12. The van der Waals surface area contributed by atoms with E-state index in [-0.39, 0.29) is 30.5 Å². The van der Waals surface area contributed by atoms with Gasteiger partial charge in [0.05, 0.1) is 18.6 Å². The molecule has 1 aliphatic rings. The maximum Gasteiger partial charge on any atom is 0.408 e. The first kappa shape index (κ1) is 21.2. The summed E-state index contributed by atoms with van der Waals surface area (Å²) in [5.74, 6) is -0.193. The topological polar surface area (TPSA) is 84.9 Å². The molecule has 6 heteroatoms. The minimum Gasteiger partial charge on any atom is -0.465 e. The largest absolute Gasteiger partial charge is 0.465 e. The quantitative estimate of drug-likeness (QED) is 0.765. The smallest absolute Gasteiger partial charge is 0.408 e. The average Bonchev–Trinajstić information content (AvgIpc) is 2.75. The maximum atomic E-state index is 12.1. The van der Waals surface area contributed by atoms with Crippen molar-refractivity contribution in [3.63, 3.8) is 0 Å². The standard InChI is InChI=1S/C21H31NO5/c1-14-17(6-5-13-26-19(14)24)15-7-9-16(10-8-15)18(11-12-23)22-20(25)27-21(2,3)4/h7-10,14,17-18,23H,5-6,11-13H2,1-4H3,(H,22,25)/t14?,17?,18-/m1/s1. The molecule has 1 fully saturated rings. The van der Waals surface area contributed by atoms with Crippen LogP contribution in [0.25, 0.3) is 0 Å². The second-order valence-corrected chi connectivity index (χ2v) is 8.08. The molecule has 0 bridgehead atoms. The normalized spacial score (nSPS) is 21.7. The molecule has 0 saturated carbocycles. The minimum atomic E-state index is -0.581. The van der Waals surface area contributed by atoms with Crippen LogP contribution in [0.15, 0.2) is 24.3 Å². The minimum absolute atomic E-state index is 0.0479. The van der Waals surface area contributed by atoms with Gasteiger partial charge in [-0.15, -0.1) is 0 Å². The number of benzene rings is 1. The molecule has 1 aromatic rings. The molecule has 2 rings (SSSR count). The van der Waals surface area contributed by atoms with Crippen molar-refractivity contribution in [1.29, 1.82) is 0 Å². The number of esters is 1. The van der Waals surface area contributed by atoms with E-state index in [9.17, 15) is 14.7 Å². The summed E-state index contributed by atoms with van der Waals surface area (Å²) in [6.07, 6.45) is 1.65. The fourth-order valence-electron chi connectivity index (χ4n) is 3.35. The van der Waals surface area contributed by atoms with Crippen LogP contribution in [0.4, 0.5) is 4.79 Å². The summed E-state index contributed by atoms with van der Waals surface area (Å²) in [5, 5.41) is 12.2. The number of carbonyl (C=O) groups is 2. The predicted molar refractivity (Wildman–Crippen MR) is 102 cm³/mol. The van der Waals surface area contributed by atoms with E-state index in [2.05, 4.69) is 5.32 Å². The van der Waals surface area contributed by atoms with Crippen LogP contribution in [0.1, 0.15) is 70.0 Å². The van der Waals surface area contributed by atoms with Gasteiger partial charge < -0.3 is 19.9 Å². The Bertz CT molecular complexity index is 635. The van der Waals surface area contributed by atoms with E-state index >= 15 is 0 Å². The van der Waals surface area contributed by atoms with E-state index in [0.717, 1.165) is 24.0 Å². The summed E-state index contributed by atoms with van der Waals surface area (Å²) in [6, 6.07) is 7.54. The van der Waals surface area contributed by atoms with Gasteiger partial charge in [-0.2, -0.15) is 0 Å². The number of hydrogen-bond donors (Lipinski definition) is 2. The van der Waals surface area contributed by atoms with Gasteiger partial charge >= 0.3 is 12.1 Å². The van der Waals surface area contributed by atoms with E-state index < -0.39 is 11.7 Å².